The maximum Gasteiger partial charge on any atom is 0.111 e. The molecule has 21 heavy (non-hydrogen) atoms. The van der Waals surface area contributed by atoms with Crippen LogP contribution in [0.25, 0.3) is 11.0 Å². The van der Waals surface area contributed by atoms with Crippen LogP contribution in [-0.2, 0) is 13.0 Å². The van der Waals surface area contributed by atoms with E-state index in [2.05, 4.69) is 21.7 Å². The molecule has 0 saturated heterocycles. The SMILES string of the molecule is N#Cc1cccc(Cn2c(CCCl)nc3ccccc32)c1. The Morgan fingerprint density at radius 1 is 1.14 bits per heavy atom. The molecule has 0 atom stereocenters. The third kappa shape index (κ3) is 2.76. The molecule has 3 rings (SSSR count). The Labute approximate surface area is 128 Å². The summed E-state index contributed by atoms with van der Waals surface area (Å²) in [7, 11) is 0. The lowest BCUT2D eigenvalue weighted by Crippen LogP contribution is -2.06. The van der Waals surface area contributed by atoms with E-state index < -0.39 is 0 Å². The molecule has 4 heteroatoms. The number of alkyl halides is 1. The molecule has 3 nitrogen and oxygen atoms in total. The van der Waals surface area contributed by atoms with Crippen LogP contribution >= 0.6 is 11.6 Å². The number of halogens is 1. The molecular formula is C17H14ClN3. The standard InChI is InChI=1S/C17H14ClN3/c18-9-8-17-20-15-6-1-2-7-16(15)21(17)12-14-5-3-4-13(10-14)11-19/h1-7,10H,8-9,12H2. The van der Waals surface area contributed by atoms with Gasteiger partial charge in [0.05, 0.1) is 22.7 Å². The third-order valence-electron chi connectivity index (χ3n) is 3.45. The first-order valence-corrected chi connectivity index (χ1v) is 7.34. The van der Waals surface area contributed by atoms with E-state index in [1.165, 1.54) is 0 Å². The first kappa shape index (κ1) is 13.7. The smallest absolute Gasteiger partial charge is 0.111 e. The summed E-state index contributed by atoms with van der Waals surface area (Å²) < 4.78 is 2.17. The average molecular weight is 296 g/mol. The molecule has 0 bridgehead atoms. The van der Waals surface area contributed by atoms with Crippen LogP contribution in [0.4, 0.5) is 0 Å². The highest BCUT2D eigenvalue weighted by Gasteiger charge is 2.10. The lowest BCUT2D eigenvalue weighted by atomic mass is 10.1. The number of rotatable bonds is 4. The summed E-state index contributed by atoms with van der Waals surface area (Å²) in [5.74, 6) is 1.52. The normalized spacial score (nSPS) is 10.7. The van der Waals surface area contributed by atoms with Gasteiger partial charge in [0.2, 0.25) is 0 Å². The van der Waals surface area contributed by atoms with Crippen molar-refractivity contribution in [3.63, 3.8) is 0 Å². The van der Waals surface area contributed by atoms with Gasteiger partial charge in [0.15, 0.2) is 0 Å². The third-order valence-corrected chi connectivity index (χ3v) is 3.64. The molecule has 1 heterocycles. The van der Waals surface area contributed by atoms with Crippen LogP contribution in [0.3, 0.4) is 0 Å². The second-order valence-corrected chi connectivity index (χ2v) is 5.23. The van der Waals surface area contributed by atoms with Crippen LogP contribution < -0.4 is 0 Å². The molecule has 0 aliphatic heterocycles. The van der Waals surface area contributed by atoms with Gasteiger partial charge >= 0.3 is 0 Å². The Morgan fingerprint density at radius 3 is 2.81 bits per heavy atom. The quantitative estimate of drug-likeness (QED) is 0.688. The van der Waals surface area contributed by atoms with Gasteiger partial charge < -0.3 is 4.57 Å². The van der Waals surface area contributed by atoms with Crippen molar-refractivity contribution in [2.75, 3.05) is 5.88 Å². The first-order chi connectivity index (χ1) is 10.3. The molecule has 0 aliphatic rings. The number of para-hydroxylation sites is 2. The van der Waals surface area contributed by atoms with Crippen molar-refractivity contribution in [3.05, 3.63) is 65.5 Å². The zero-order chi connectivity index (χ0) is 14.7. The molecular weight excluding hydrogens is 282 g/mol. The lowest BCUT2D eigenvalue weighted by molar-refractivity contribution is 0.754. The number of aryl methyl sites for hydroxylation is 1. The fourth-order valence-corrected chi connectivity index (χ4v) is 2.67. The summed E-state index contributed by atoms with van der Waals surface area (Å²) in [4.78, 5) is 4.65. The zero-order valence-electron chi connectivity index (χ0n) is 11.5. The number of nitriles is 1. The molecule has 104 valence electrons. The van der Waals surface area contributed by atoms with Crippen molar-refractivity contribution in [1.29, 1.82) is 5.26 Å². The topological polar surface area (TPSA) is 41.6 Å². The Hall–Kier alpha value is -2.31. The van der Waals surface area contributed by atoms with Crippen molar-refractivity contribution in [2.45, 2.75) is 13.0 Å². The predicted octanol–water partition coefficient (Wildman–Crippen LogP) is 3.74. The summed E-state index contributed by atoms with van der Waals surface area (Å²) in [6, 6.07) is 17.9. The summed E-state index contributed by atoms with van der Waals surface area (Å²) >= 11 is 5.89. The number of hydrogen-bond acceptors (Lipinski definition) is 2. The molecule has 0 saturated carbocycles. The molecule has 0 N–H and O–H groups in total. The number of aromatic nitrogens is 2. The minimum Gasteiger partial charge on any atom is -0.323 e. The van der Waals surface area contributed by atoms with Crippen LogP contribution in [0.5, 0.6) is 0 Å². The van der Waals surface area contributed by atoms with Crippen molar-refractivity contribution in [3.8, 4) is 6.07 Å². The number of nitrogens with zero attached hydrogens (tertiary/aromatic N) is 3. The fraction of sp³-hybridized carbons (Fsp3) is 0.176. The van der Waals surface area contributed by atoms with Gasteiger partial charge in [-0.15, -0.1) is 11.6 Å². The largest absolute Gasteiger partial charge is 0.323 e. The second kappa shape index (κ2) is 5.99. The minimum atomic E-state index is 0.543. The number of benzene rings is 2. The van der Waals surface area contributed by atoms with E-state index in [4.69, 9.17) is 16.9 Å². The molecule has 3 aromatic rings. The Morgan fingerprint density at radius 2 is 2.00 bits per heavy atom. The highest BCUT2D eigenvalue weighted by molar-refractivity contribution is 6.17. The van der Waals surface area contributed by atoms with Gasteiger partial charge in [-0.2, -0.15) is 5.26 Å². The van der Waals surface area contributed by atoms with E-state index in [0.717, 1.165) is 28.8 Å². The van der Waals surface area contributed by atoms with Gasteiger partial charge in [0, 0.05) is 18.8 Å². The summed E-state index contributed by atoms with van der Waals surface area (Å²) in [6.07, 6.45) is 0.730. The highest BCUT2D eigenvalue weighted by atomic mass is 35.5. The summed E-state index contributed by atoms with van der Waals surface area (Å²) in [5, 5.41) is 9.01. The lowest BCUT2D eigenvalue weighted by Gasteiger charge is -2.09. The van der Waals surface area contributed by atoms with Crippen LogP contribution in [0.15, 0.2) is 48.5 Å². The zero-order valence-corrected chi connectivity index (χ0v) is 12.2. The Kier molecular flexibility index (Phi) is 3.89. The van der Waals surface area contributed by atoms with Crippen LogP contribution in [0.1, 0.15) is 17.0 Å². The maximum atomic E-state index is 9.01. The van der Waals surface area contributed by atoms with Gasteiger partial charge in [0.25, 0.3) is 0 Å². The summed E-state index contributed by atoms with van der Waals surface area (Å²) in [5.41, 5.74) is 3.85. The highest BCUT2D eigenvalue weighted by Crippen LogP contribution is 2.19. The summed E-state index contributed by atoms with van der Waals surface area (Å²) in [6.45, 7) is 0.697. The van der Waals surface area contributed by atoms with Gasteiger partial charge in [-0.1, -0.05) is 24.3 Å². The number of fused-ring (bicyclic) bond motifs is 1. The average Bonchev–Trinajstić information content (AvgIpc) is 2.86. The Bertz CT molecular complexity index is 814. The van der Waals surface area contributed by atoms with E-state index in [9.17, 15) is 0 Å². The molecule has 0 amide bonds. The molecule has 0 spiro atoms. The molecule has 0 aliphatic carbocycles. The molecule has 0 fully saturated rings. The fourth-order valence-electron chi connectivity index (χ4n) is 2.50. The van der Waals surface area contributed by atoms with Crippen LogP contribution in [-0.4, -0.2) is 15.4 Å². The van der Waals surface area contributed by atoms with E-state index >= 15 is 0 Å². The van der Waals surface area contributed by atoms with Crippen LogP contribution in [0.2, 0.25) is 0 Å². The van der Waals surface area contributed by atoms with Crippen molar-refractivity contribution in [1.82, 2.24) is 9.55 Å². The first-order valence-electron chi connectivity index (χ1n) is 6.81. The molecule has 0 unspecified atom stereocenters. The number of imidazole rings is 1. The van der Waals surface area contributed by atoms with Gasteiger partial charge in [-0.3, -0.25) is 0 Å². The predicted molar refractivity (Wildman–Crippen MR) is 84.4 cm³/mol. The molecule has 2 aromatic carbocycles. The van der Waals surface area contributed by atoms with Crippen LogP contribution in [0, 0.1) is 11.3 Å². The van der Waals surface area contributed by atoms with Gasteiger partial charge in [-0.25, -0.2) is 4.98 Å². The van der Waals surface area contributed by atoms with Gasteiger partial charge in [0.1, 0.15) is 5.82 Å². The number of hydrogen-bond donors (Lipinski definition) is 0. The molecule has 1 aromatic heterocycles. The Balaban J connectivity index is 2.06. The van der Waals surface area contributed by atoms with E-state index in [1.54, 1.807) is 0 Å². The van der Waals surface area contributed by atoms with Crippen molar-refractivity contribution < 1.29 is 0 Å². The second-order valence-electron chi connectivity index (χ2n) is 4.85. The monoisotopic (exact) mass is 295 g/mol. The molecule has 0 radical (unpaired) electrons. The minimum absolute atomic E-state index is 0.543. The van der Waals surface area contributed by atoms with E-state index in [-0.39, 0.29) is 0 Å². The van der Waals surface area contributed by atoms with Crippen molar-refractivity contribution in [2.24, 2.45) is 0 Å². The maximum absolute atomic E-state index is 9.01. The van der Waals surface area contributed by atoms with Crippen molar-refractivity contribution >= 4 is 22.6 Å². The van der Waals surface area contributed by atoms with Gasteiger partial charge in [-0.05, 0) is 29.8 Å². The van der Waals surface area contributed by atoms with E-state index in [1.807, 2.05) is 42.5 Å². The van der Waals surface area contributed by atoms with E-state index in [0.29, 0.717) is 18.0 Å².